The monoisotopic (exact) mass is 541 g/mol. The molecule has 9 nitrogen and oxygen atoms in total. The lowest BCUT2D eigenvalue weighted by Crippen LogP contribution is -2.30. The predicted molar refractivity (Wildman–Crippen MR) is 152 cm³/mol. The van der Waals surface area contributed by atoms with Crippen molar-refractivity contribution in [2.45, 2.75) is 32.7 Å². The summed E-state index contributed by atoms with van der Waals surface area (Å²) < 4.78 is 16.3. The Hall–Kier alpha value is -4.79. The molecule has 2 N–H and O–H groups in total. The minimum atomic E-state index is -0.971. The van der Waals surface area contributed by atoms with E-state index >= 15 is 0 Å². The average Bonchev–Trinajstić information content (AvgIpc) is 3.49. The van der Waals surface area contributed by atoms with Gasteiger partial charge >= 0.3 is 5.91 Å². The Kier molecular flexibility index (Phi) is 6.97. The number of methoxy groups -OCH3 is 3. The summed E-state index contributed by atoms with van der Waals surface area (Å²) in [5, 5.41) is 11.8. The van der Waals surface area contributed by atoms with Crippen molar-refractivity contribution in [3.8, 4) is 17.2 Å². The molecule has 1 aromatic heterocycles. The van der Waals surface area contributed by atoms with Gasteiger partial charge in [0.1, 0.15) is 23.0 Å². The molecular weight excluding hydrogens is 510 g/mol. The van der Waals surface area contributed by atoms with Gasteiger partial charge in [0.15, 0.2) is 0 Å². The fourth-order valence-electron chi connectivity index (χ4n) is 5.12. The molecular formula is C31H31N3O6. The standard InChI is InChI=1S/C31H31N3O6/c1-16(2)21-15-22(17(3)12-25(21)40-6)28(35)26-27(18-8-7-9-19(13-18)38-4)34(30(37)29(26)36)31-32-23-11-10-20(39-5)14-24(23)33-31/h7-16,27,35H,1-6H3,(H,32,33)/b28-26+. The number of imidazole rings is 1. The summed E-state index contributed by atoms with van der Waals surface area (Å²) in [6.07, 6.45) is 0. The number of ketones is 1. The maximum absolute atomic E-state index is 13.7. The number of rotatable bonds is 7. The van der Waals surface area contributed by atoms with Crippen molar-refractivity contribution in [3.05, 3.63) is 82.4 Å². The molecule has 4 aromatic rings. The highest BCUT2D eigenvalue weighted by molar-refractivity contribution is 6.51. The number of hydrogen-bond acceptors (Lipinski definition) is 7. The van der Waals surface area contributed by atoms with Crippen LogP contribution in [-0.2, 0) is 9.59 Å². The Morgan fingerprint density at radius 2 is 1.70 bits per heavy atom. The number of benzene rings is 3. The normalized spacial score (nSPS) is 16.7. The zero-order valence-electron chi connectivity index (χ0n) is 23.2. The smallest absolute Gasteiger partial charge is 0.302 e. The first-order valence-corrected chi connectivity index (χ1v) is 12.9. The largest absolute Gasteiger partial charge is 0.507 e. The van der Waals surface area contributed by atoms with Crippen molar-refractivity contribution in [1.29, 1.82) is 0 Å². The topological polar surface area (TPSA) is 114 Å². The molecule has 1 atom stereocenters. The third kappa shape index (κ3) is 4.43. The Morgan fingerprint density at radius 1 is 0.975 bits per heavy atom. The van der Waals surface area contributed by atoms with Gasteiger partial charge in [-0.1, -0.05) is 26.0 Å². The van der Waals surface area contributed by atoms with Gasteiger partial charge in [0.25, 0.3) is 5.78 Å². The lowest BCUT2D eigenvalue weighted by Gasteiger charge is -2.24. The number of aromatic amines is 1. The quantitative estimate of drug-likeness (QED) is 0.177. The molecule has 1 fully saturated rings. The number of Topliss-reactive ketones (excluding diaryl/α,β-unsaturated/α-hetero) is 1. The second-order valence-electron chi connectivity index (χ2n) is 9.95. The average molecular weight is 542 g/mol. The van der Waals surface area contributed by atoms with Crippen LogP contribution in [0.25, 0.3) is 16.8 Å². The molecule has 40 heavy (non-hydrogen) atoms. The van der Waals surface area contributed by atoms with Crippen LogP contribution in [0.1, 0.15) is 48.1 Å². The van der Waals surface area contributed by atoms with Crippen molar-refractivity contribution < 1.29 is 28.9 Å². The highest BCUT2D eigenvalue weighted by Gasteiger charge is 2.48. The van der Waals surface area contributed by atoms with Crippen LogP contribution in [0.5, 0.6) is 17.2 Å². The molecule has 0 radical (unpaired) electrons. The zero-order valence-corrected chi connectivity index (χ0v) is 23.2. The van der Waals surface area contributed by atoms with Crippen molar-refractivity contribution >= 4 is 34.4 Å². The molecule has 1 amide bonds. The number of amides is 1. The minimum Gasteiger partial charge on any atom is -0.507 e. The molecule has 206 valence electrons. The second kappa shape index (κ2) is 10.4. The summed E-state index contributed by atoms with van der Waals surface area (Å²) in [5.74, 6) is 0.211. The van der Waals surface area contributed by atoms with Gasteiger partial charge in [0, 0.05) is 11.6 Å². The molecule has 1 saturated heterocycles. The van der Waals surface area contributed by atoms with E-state index in [-0.39, 0.29) is 23.2 Å². The summed E-state index contributed by atoms with van der Waals surface area (Å²) >= 11 is 0. The number of anilines is 1. The number of carbonyl (C=O) groups excluding carboxylic acids is 2. The number of carbonyl (C=O) groups is 2. The maximum atomic E-state index is 13.7. The van der Waals surface area contributed by atoms with Gasteiger partial charge in [-0.15, -0.1) is 0 Å². The minimum absolute atomic E-state index is 0.0423. The van der Waals surface area contributed by atoms with E-state index in [1.165, 1.54) is 12.0 Å². The number of aliphatic hydroxyl groups is 1. The molecule has 2 heterocycles. The third-order valence-electron chi connectivity index (χ3n) is 7.21. The van der Waals surface area contributed by atoms with Gasteiger partial charge < -0.3 is 24.3 Å². The Bertz CT molecular complexity index is 1670. The van der Waals surface area contributed by atoms with Crippen LogP contribution in [-0.4, -0.2) is 48.1 Å². The molecule has 9 heteroatoms. The van der Waals surface area contributed by atoms with Crippen LogP contribution in [0.3, 0.4) is 0 Å². The SMILES string of the molecule is COc1cccc(C2/C(=C(\O)c3cc(C(C)C)c(OC)cc3C)C(=O)C(=O)N2c2nc3ccc(OC)cc3[nH]2)c1. The Labute approximate surface area is 232 Å². The molecule has 0 spiro atoms. The first kappa shape index (κ1) is 26.8. The third-order valence-corrected chi connectivity index (χ3v) is 7.21. The van der Waals surface area contributed by atoms with E-state index in [0.29, 0.717) is 45.0 Å². The number of H-pyrrole nitrogens is 1. The summed E-state index contributed by atoms with van der Waals surface area (Å²) in [6, 6.07) is 15.0. The number of ether oxygens (including phenoxy) is 3. The molecule has 0 bridgehead atoms. The van der Waals surface area contributed by atoms with Gasteiger partial charge in [-0.3, -0.25) is 14.5 Å². The highest BCUT2D eigenvalue weighted by atomic mass is 16.5. The lowest BCUT2D eigenvalue weighted by molar-refractivity contribution is -0.132. The van der Waals surface area contributed by atoms with Crippen LogP contribution in [0.4, 0.5) is 5.95 Å². The molecule has 3 aromatic carbocycles. The number of nitrogens with zero attached hydrogens (tertiary/aromatic N) is 2. The van der Waals surface area contributed by atoms with E-state index in [2.05, 4.69) is 9.97 Å². The number of aryl methyl sites for hydroxylation is 1. The number of aliphatic hydroxyl groups excluding tert-OH is 1. The van der Waals surface area contributed by atoms with Crippen LogP contribution in [0.2, 0.25) is 0 Å². The van der Waals surface area contributed by atoms with Gasteiger partial charge in [0.2, 0.25) is 5.95 Å². The molecule has 5 rings (SSSR count). The van der Waals surface area contributed by atoms with Gasteiger partial charge in [0.05, 0.1) is 44.0 Å². The number of aromatic nitrogens is 2. The molecule has 1 unspecified atom stereocenters. The van der Waals surface area contributed by atoms with Crippen molar-refractivity contribution in [2.75, 3.05) is 26.2 Å². The molecule has 0 aliphatic carbocycles. The Morgan fingerprint density at radius 3 is 2.38 bits per heavy atom. The van der Waals surface area contributed by atoms with Crippen LogP contribution < -0.4 is 19.1 Å². The van der Waals surface area contributed by atoms with E-state index in [9.17, 15) is 14.7 Å². The number of hydrogen-bond donors (Lipinski definition) is 2. The fraction of sp³-hybridized carbons (Fsp3) is 0.258. The van der Waals surface area contributed by atoms with Crippen molar-refractivity contribution in [2.24, 2.45) is 0 Å². The maximum Gasteiger partial charge on any atom is 0.302 e. The summed E-state index contributed by atoms with van der Waals surface area (Å²) in [7, 11) is 4.69. The van der Waals surface area contributed by atoms with Crippen LogP contribution in [0, 0.1) is 6.92 Å². The van der Waals surface area contributed by atoms with E-state index in [0.717, 1.165) is 5.56 Å². The van der Waals surface area contributed by atoms with Gasteiger partial charge in [-0.05, 0) is 65.9 Å². The van der Waals surface area contributed by atoms with Crippen molar-refractivity contribution in [1.82, 2.24) is 9.97 Å². The summed E-state index contributed by atoms with van der Waals surface area (Å²) in [6.45, 7) is 5.86. The lowest BCUT2D eigenvalue weighted by atomic mass is 9.91. The van der Waals surface area contributed by atoms with E-state index in [1.54, 1.807) is 56.7 Å². The highest BCUT2D eigenvalue weighted by Crippen LogP contribution is 2.43. The van der Waals surface area contributed by atoms with E-state index in [1.807, 2.05) is 32.9 Å². The van der Waals surface area contributed by atoms with Gasteiger partial charge in [-0.2, -0.15) is 0 Å². The van der Waals surface area contributed by atoms with Crippen LogP contribution in [0.15, 0.2) is 60.2 Å². The first-order chi connectivity index (χ1) is 19.2. The summed E-state index contributed by atoms with van der Waals surface area (Å²) in [4.78, 5) is 36.4. The first-order valence-electron chi connectivity index (χ1n) is 12.9. The summed E-state index contributed by atoms with van der Waals surface area (Å²) in [5.41, 5.74) is 3.78. The molecule has 1 aliphatic heterocycles. The van der Waals surface area contributed by atoms with Gasteiger partial charge in [-0.25, -0.2) is 4.98 Å². The Balaban J connectivity index is 1.76. The van der Waals surface area contributed by atoms with E-state index in [4.69, 9.17) is 14.2 Å². The zero-order chi connectivity index (χ0) is 28.7. The molecule has 1 aliphatic rings. The fourth-order valence-corrected chi connectivity index (χ4v) is 5.12. The predicted octanol–water partition coefficient (Wildman–Crippen LogP) is 5.65. The number of fused-ring (bicyclic) bond motifs is 1. The van der Waals surface area contributed by atoms with Crippen molar-refractivity contribution in [3.63, 3.8) is 0 Å². The van der Waals surface area contributed by atoms with E-state index < -0.39 is 17.7 Å². The number of nitrogens with one attached hydrogen (secondary N) is 1. The second-order valence-corrected chi connectivity index (χ2v) is 9.95. The molecule has 0 saturated carbocycles. The van der Waals surface area contributed by atoms with Crippen LogP contribution >= 0.6 is 0 Å².